The molecule has 0 aromatic carbocycles. The van der Waals surface area contributed by atoms with Crippen LogP contribution in [0.4, 0.5) is 0 Å². The molecule has 0 aliphatic carbocycles. The van der Waals surface area contributed by atoms with E-state index in [9.17, 15) is 9.59 Å². The third kappa shape index (κ3) is 3.06. The van der Waals surface area contributed by atoms with Crippen molar-refractivity contribution in [2.45, 2.75) is 18.9 Å². The second kappa shape index (κ2) is 5.65. The first-order valence-corrected chi connectivity index (χ1v) is 5.18. The zero-order chi connectivity index (χ0) is 12.1. The maximum absolute atomic E-state index is 12.0. The standard InChI is InChI=1S/C11H17NO4/c1-12(2)7-8(11(14)15-3)10(13)9-5-4-6-16-9/h7,9H,4-6H2,1-3H3/b8-7-/t9-/m0/s1. The van der Waals surface area contributed by atoms with Gasteiger partial charge in [0.05, 0.1) is 7.11 Å². The second-order valence-corrected chi connectivity index (χ2v) is 3.86. The van der Waals surface area contributed by atoms with Crippen LogP contribution in [0, 0.1) is 0 Å². The van der Waals surface area contributed by atoms with Gasteiger partial charge in [0.15, 0.2) is 5.78 Å². The maximum atomic E-state index is 12.0. The van der Waals surface area contributed by atoms with E-state index in [-0.39, 0.29) is 11.4 Å². The summed E-state index contributed by atoms with van der Waals surface area (Å²) in [5.41, 5.74) is 0.0411. The Hall–Kier alpha value is -1.36. The van der Waals surface area contributed by atoms with Gasteiger partial charge < -0.3 is 14.4 Å². The van der Waals surface area contributed by atoms with Crippen LogP contribution in [-0.2, 0) is 19.1 Å². The summed E-state index contributed by atoms with van der Waals surface area (Å²) in [5, 5.41) is 0. The predicted octanol–water partition coefficient (Wildman–Crippen LogP) is 0.353. The monoisotopic (exact) mass is 227 g/mol. The molecule has 5 heteroatoms. The van der Waals surface area contributed by atoms with Crippen LogP contribution in [0.5, 0.6) is 0 Å². The SMILES string of the molecule is COC(=O)/C(=C\N(C)C)C(=O)[C@@H]1CCCO1. The lowest BCUT2D eigenvalue weighted by Gasteiger charge is -2.12. The van der Waals surface area contributed by atoms with Gasteiger partial charge in [-0.2, -0.15) is 0 Å². The Morgan fingerprint density at radius 1 is 1.44 bits per heavy atom. The molecule has 1 atom stereocenters. The second-order valence-electron chi connectivity index (χ2n) is 3.86. The molecule has 0 spiro atoms. The summed E-state index contributed by atoms with van der Waals surface area (Å²) >= 11 is 0. The fourth-order valence-corrected chi connectivity index (χ4v) is 1.54. The zero-order valence-corrected chi connectivity index (χ0v) is 9.86. The number of hydrogen-bond acceptors (Lipinski definition) is 5. The first-order valence-electron chi connectivity index (χ1n) is 5.18. The van der Waals surface area contributed by atoms with Crippen molar-refractivity contribution in [3.05, 3.63) is 11.8 Å². The average molecular weight is 227 g/mol. The van der Waals surface area contributed by atoms with E-state index < -0.39 is 12.1 Å². The van der Waals surface area contributed by atoms with Gasteiger partial charge in [0.25, 0.3) is 0 Å². The molecular weight excluding hydrogens is 210 g/mol. The number of rotatable bonds is 4. The summed E-state index contributed by atoms with van der Waals surface area (Å²) in [6.45, 7) is 0.576. The van der Waals surface area contributed by atoms with E-state index in [1.807, 2.05) is 0 Å². The minimum absolute atomic E-state index is 0.0411. The van der Waals surface area contributed by atoms with E-state index in [1.54, 1.807) is 19.0 Å². The van der Waals surface area contributed by atoms with E-state index in [0.29, 0.717) is 13.0 Å². The normalized spacial score (nSPS) is 20.7. The van der Waals surface area contributed by atoms with E-state index in [1.165, 1.54) is 13.3 Å². The topological polar surface area (TPSA) is 55.8 Å². The highest BCUT2D eigenvalue weighted by Crippen LogP contribution is 2.17. The van der Waals surface area contributed by atoms with Crippen LogP contribution < -0.4 is 0 Å². The highest BCUT2D eigenvalue weighted by Gasteiger charge is 2.30. The first kappa shape index (κ1) is 12.7. The smallest absolute Gasteiger partial charge is 0.343 e. The Labute approximate surface area is 95.0 Å². The molecule has 0 bridgehead atoms. The quantitative estimate of drug-likeness (QED) is 0.300. The van der Waals surface area contributed by atoms with Crippen LogP contribution in [0.1, 0.15) is 12.8 Å². The van der Waals surface area contributed by atoms with Crippen LogP contribution in [0.15, 0.2) is 11.8 Å². The van der Waals surface area contributed by atoms with E-state index >= 15 is 0 Å². The molecule has 0 aromatic heterocycles. The molecular formula is C11H17NO4. The lowest BCUT2D eigenvalue weighted by atomic mass is 10.1. The lowest BCUT2D eigenvalue weighted by Crippen LogP contribution is -2.27. The summed E-state index contributed by atoms with van der Waals surface area (Å²) in [5.74, 6) is -0.910. The largest absolute Gasteiger partial charge is 0.465 e. The molecule has 0 unspecified atom stereocenters. The average Bonchev–Trinajstić information content (AvgIpc) is 2.77. The number of ketones is 1. The number of ether oxygens (including phenoxy) is 2. The van der Waals surface area contributed by atoms with Crippen molar-refractivity contribution in [2.24, 2.45) is 0 Å². The van der Waals surface area contributed by atoms with Gasteiger partial charge in [-0.05, 0) is 12.8 Å². The first-order chi connectivity index (χ1) is 7.56. The van der Waals surface area contributed by atoms with Gasteiger partial charge in [0.1, 0.15) is 11.7 Å². The molecule has 16 heavy (non-hydrogen) atoms. The highest BCUT2D eigenvalue weighted by molar-refractivity contribution is 6.18. The predicted molar refractivity (Wildman–Crippen MR) is 57.8 cm³/mol. The molecule has 0 N–H and O–H groups in total. The molecule has 1 rings (SSSR count). The molecule has 0 amide bonds. The third-order valence-corrected chi connectivity index (χ3v) is 2.28. The van der Waals surface area contributed by atoms with Gasteiger partial charge in [0.2, 0.25) is 0 Å². The number of hydrogen-bond donors (Lipinski definition) is 0. The Bertz CT molecular complexity index is 303. The number of Topliss-reactive ketones (excluding diaryl/α,β-unsaturated/α-hetero) is 1. The fraction of sp³-hybridized carbons (Fsp3) is 0.636. The van der Waals surface area contributed by atoms with Gasteiger partial charge in [-0.25, -0.2) is 4.79 Å². The molecule has 1 saturated heterocycles. The Morgan fingerprint density at radius 3 is 2.56 bits per heavy atom. The summed E-state index contributed by atoms with van der Waals surface area (Å²) in [6, 6.07) is 0. The number of nitrogens with zero attached hydrogens (tertiary/aromatic N) is 1. The van der Waals surface area contributed by atoms with Crippen LogP contribution in [0.2, 0.25) is 0 Å². The highest BCUT2D eigenvalue weighted by atomic mass is 16.5. The number of methoxy groups -OCH3 is 1. The molecule has 0 aromatic rings. The van der Waals surface area contributed by atoms with Gasteiger partial charge in [-0.3, -0.25) is 4.79 Å². The molecule has 90 valence electrons. The zero-order valence-electron chi connectivity index (χ0n) is 9.86. The van der Waals surface area contributed by atoms with Crippen LogP contribution in [0.25, 0.3) is 0 Å². The summed E-state index contributed by atoms with van der Waals surface area (Å²) in [4.78, 5) is 25.1. The summed E-state index contributed by atoms with van der Waals surface area (Å²) in [6.07, 6.45) is 2.49. The minimum atomic E-state index is -0.616. The van der Waals surface area contributed by atoms with Crippen molar-refractivity contribution in [1.82, 2.24) is 4.90 Å². The lowest BCUT2D eigenvalue weighted by molar-refractivity contribution is -0.139. The minimum Gasteiger partial charge on any atom is -0.465 e. The van der Waals surface area contributed by atoms with Gasteiger partial charge in [-0.15, -0.1) is 0 Å². The van der Waals surface area contributed by atoms with Crippen molar-refractivity contribution in [1.29, 1.82) is 0 Å². The Morgan fingerprint density at radius 2 is 2.12 bits per heavy atom. The maximum Gasteiger partial charge on any atom is 0.343 e. The summed E-state index contributed by atoms with van der Waals surface area (Å²) < 4.78 is 9.84. The van der Waals surface area contributed by atoms with Crippen LogP contribution in [-0.4, -0.2) is 50.6 Å². The number of carbonyl (C=O) groups excluding carboxylic acids is 2. The van der Waals surface area contributed by atoms with Gasteiger partial charge in [0, 0.05) is 26.9 Å². The van der Waals surface area contributed by atoms with Crippen LogP contribution >= 0.6 is 0 Å². The van der Waals surface area contributed by atoms with Gasteiger partial charge >= 0.3 is 5.97 Å². The van der Waals surface area contributed by atoms with Crippen molar-refractivity contribution in [2.75, 3.05) is 27.8 Å². The van der Waals surface area contributed by atoms with E-state index in [2.05, 4.69) is 4.74 Å². The third-order valence-electron chi connectivity index (χ3n) is 2.28. The van der Waals surface area contributed by atoms with Crippen molar-refractivity contribution < 1.29 is 19.1 Å². The van der Waals surface area contributed by atoms with Crippen molar-refractivity contribution in [3.8, 4) is 0 Å². The van der Waals surface area contributed by atoms with E-state index in [0.717, 1.165) is 6.42 Å². The van der Waals surface area contributed by atoms with Crippen molar-refractivity contribution >= 4 is 11.8 Å². The molecule has 1 fully saturated rings. The Kier molecular flexibility index (Phi) is 4.49. The molecule has 0 radical (unpaired) electrons. The Balaban J connectivity index is 2.83. The van der Waals surface area contributed by atoms with E-state index in [4.69, 9.17) is 4.74 Å². The summed E-state index contributed by atoms with van der Waals surface area (Å²) in [7, 11) is 4.74. The fourth-order valence-electron chi connectivity index (χ4n) is 1.54. The van der Waals surface area contributed by atoms with Gasteiger partial charge in [-0.1, -0.05) is 0 Å². The molecule has 1 heterocycles. The molecule has 5 nitrogen and oxygen atoms in total. The molecule has 1 aliphatic rings. The number of esters is 1. The molecule has 1 aliphatic heterocycles. The number of carbonyl (C=O) groups is 2. The van der Waals surface area contributed by atoms with Crippen molar-refractivity contribution in [3.63, 3.8) is 0 Å². The van der Waals surface area contributed by atoms with Crippen LogP contribution in [0.3, 0.4) is 0 Å². The molecule has 0 saturated carbocycles.